The molecule has 1 heteroatoms. The fourth-order valence-corrected chi connectivity index (χ4v) is 2.52. The Bertz CT molecular complexity index is 392. The normalized spacial score (nSPS) is 22.1. The number of rotatable bonds is 2. The van der Waals surface area contributed by atoms with Crippen LogP contribution in [0.4, 0.5) is 0 Å². The van der Waals surface area contributed by atoms with Crippen molar-refractivity contribution in [3.63, 3.8) is 0 Å². The van der Waals surface area contributed by atoms with Gasteiger partial charge in [-0.15, -0.1) is 0 Å². The first-order valence-corrected chi connectivity index (χ1v) is 6.08. The number of hydrogen-bond donors (Lipinski definition) is 1. The third-order valence-corrected chi connectivity index (χ3v) is 3.50. The predicted molar refractivity (Wildman–Crippen MR) is 67.4 cm³/mol. The van der Waals surface area contributed by atoms with E-state index >= 15 is 0 Å². The third-order valence-electron chi connectivity index (χ3n) is 3.50. The van der Waals surface area contributed by atoms with E-state index in [1.807, 2.05) is 0 Å². The maximum absolute atomic E-state index is 10.4. The van der Waals surface area contributed by atoms with Gasteiger partial charge >= 0.3 is 0 Å². The molecular weight excluding hydrogens is 196 g/mol. The Labute approximate surface area is 97.8 Å². The molecule has 2 rings (SSSR count). The van der Waals surface area contributed by atoms with Gasteiger partial charge in [-0.05, 0) is 50.2 Å². The number of hydrogen-bond acceptors (Lipinski definition) is 1. The molecule has 0 saturated heterocycles. The SMILES string of the molecule is Cc1ccc(C(O)C2CC=CCC2)c(C)c1. The monoisotopic (exact) mass is 216 g/mol. The van der Waals surface area contributed by atoms with Crippen LogP contribution in [-0.4, -0.2) is 5.11 Å². The molecule has 1 aromatic rings. The fourth-order valence-electron chi connectivity index (χ4n) is 2.52. The lowest BCUT2D eigenvalue weighted by molar-refractivity contribution is 0.102. The van der Waals surface area contributed by atoms with Gasteiger partial charge in [-0.2, -0.15) is 0 Å². The number of aliphatic hydroxyl groups excluding tert-OH is 1. The smallest absolute Gasteiger partial charge is 0.0823 e. The maximum atomic E-state index is 10.4. The summed E-state index contributed by atoms with van der Waals surface area (Å²) in [6.45, 7) is 4.18. The zero-order valence-electron chi connectivity index (χ0n) is 10.1. The van der Waals surface area contributed by atoms with Gasteiger partial charge in [0.15, 0.2) is 0 Å². The van der Waals surface area contributed by atoms with E-state index in [0.717, 1.165) is 24.8 Å². The zero-order chi connectivity index (χ0) is 11.5. The van der Waals surface area contributed by atoms with E-state index in [1.54, 1.807) is 0 Å². The standard InChI is InChI=1S/C15H20O/c1-11-8-9-14(12(2)10-11)15(16)13-6-4-3-5-7-13/h3-4,8-10,13,15-16H,5-7H2,1-2H3. The van der Waals surface area contributed by atoms with Crippen molar-refractivity contribution < 1.29 is 5.11 Å². The minimum atomic E-state index is -0.300. The van der Waals surface area contributed by atoms with Gasteiger partial charge < -0.3 is 5.11 Å². The zero-order valence-corrected chi connectivity index (χ0v) is 10.1. The molecule has 1 aliphatic rings. The molecule has 0 saturated carbocycles. The quantitative estimate of drug-likeness (QED) is 0.747. The molecule has 2 atom stereocenters. The van der Waals surface area contributed by atoms with Gasteiger partial charge in [-0.3, -0.25) is 0 Å². The van der Waals surface area contributed by atoms with Crippen LogP contribution < -0.4 is 0 Å². The van der Waals surface area contributed by atoms with E-state index in [-0.39, 0.29) is 6.10 Å². The molecule has 1 N–H and O–H groups in total. The Morgan fingerprint density at radius 3 is 2.69 bits per heavy atom. The Morgan fingerprint density at radius 2 is 2.06 bits per heavy atom. The summed E-state index contributed by atoms with van der Waals surface area (Å²) in [5, 5.41) is 10.4. The lowest BCUT2D eigenvalue weighted by atomic mass is 9.84. The van der Waals surface area contributed by atoms with Crippen LogP contribution in [0.25, 0.3) is 0 Å². The van der Waals surface area contributed by atoms with Crippen molar-refractivity contribution in [3.8, 4) is 0 Å². The van der Waals surface area contributed by atoms with Crippen LogP contribution in [0, 0.1) is 19.8 Å². The maximum Gasteiger partial charge on any atom is 0.0823 e. The van der Waals surface area contributed by atoms with Crippen molar-refractivity contribution in [2.75, 3.05) is 0 Å². The van der Waals surface area contributed by atoms with Crippen LogP contribution in [0.15, 0.2) is 30.4 Å². The molecule has 0 aromatic heterocycles. The van der Waals surface area contributed by atoms with E-state index in [9.17, 15) is 5.11 Å². The van der Waals surface area contributed by atoms with Crippen molar-refractivity contribution in [2.24, 2.45) is 5.92 Å². The molecule has 1 nitrogen and oxygen atoms in total. The van der Waals surface area contributed by atoms with Crippen molar-refractivity contribution in [2.45, 2.75) is 39.2 Å². The van der Waals surface area contributed by atoms with Crippen LogP contribution in [0.3, 0.4) is 0 Å². The molecule has 86 valence electrons. The number of benzene rings is 1. The summed E-state index contributed by atoms with van der Waals surface area (Å²) < 4.78 is 0. The highest BCUT2D eigenvalue weighted by atomic mass is 16.3. The number of allylic oxidation sites excluding steroid dienone is 2. The first kappa shape index (κ1) is 11.4. The van der Waals surface area contributed by atoms with Crippen molar-refractivity contribution in [3.05, 3.63) is 47.0 Å². The molecule has 0 aliphatic heterocycles. The first-order valence-electron chi connectivity index (χ1n) is 6.08. The predicted octanol–water partition coefficient (Wildman–Crippen LogP) is 3.69. The molecular formula is C15H20O. The second-order valence-electron chi connectivity index (χ2n) is 4.85. The van der Waals surface area contributed by atoms with Crippen molar-refractivity contribution in [1.29, 1.82) is 0 Å². The Morgan fingerprint density at radius 1 is 1.25 bits per heavy atom. The van der Waals surface area contributed by atoms with Crippen LogP contribution in [0.1, 0.15) is 42.1 Å². The van der Waals surface area contributed by atoms with E-state index < -0.39 is 0 Å². The molecule has 16 heavy (non-hydrogen) atoms. The minimum Gasteiger partial charge on any atom is -0.388 e. The van der Waals surface area contributed by atoms with Crippen molar-refractivity contribution >= 4 is 0 Å². The molecule has 0 bridgehead atoms. The minimum absolute atomic E-state index is 0.300. The Kier molecular flexibility index (Phi) is 3.45. The molecule has 1 aliphatic carbocycles. The van der Waals surface area contributed by atoms with Gasteiger partial charge in [0.25, 0.3) is 0 Å². The average Bonchev–Trinajstić information content (AvgIpc) is 2.29. The van der Waals surface area contributed by atoms with Crippen LogP contribution >= 0.6 is 0 Å². The van der Waals surface area contributed by atoms with Gasteiger partial charge in [0.2, 0.25) is 0 Å². The summed E-state index contributed by atoms with van der Waals surface area (Å²) in [5.74, 6) is 0.395. The lowest BCUT2D eigenvalue weighted by Gasteiger charge is -2.25. The van der Waals surface area contributed by atoms with Gasteiger partial charge in [0.1, 0.15) is 0 Å². The molecule has 0 fully saturated rings. The van der Waals surface area contributed by atoms with E-state index in [2.05, 4.69) is 44.2 Å². The number of aliphatic hydroxyl groups is 1. The Hall–Kier alpha value is -1.08. The summed E-state index contributed by atoms with van der Waals surface area (Å²) in [7, 11) is 0. The van der Waals surface area contributed by atoms with Gasteiger partial charge in [0.05, 0.1) is 6.10 Å². The third kappa shape index (κ3) is 2.35. The first-order chi connectivity index (χ1) is 7.68. The molecule has 0 spiro atoms. The summed E-state index contributed by atoms with van der Waals surface area (Å²) in [5.41, 5.74) is 3.57. The molecule has 2 unspecified atom stereocenters. The number of aryl methyl sites for hydroxylation is 2. The van der Waals surface area contributed by atoms with Crippen LogP contribution in [0.5, 0.6) is 0 Å². The van der Waals surface area contributed by atoms with Gasteiger partial charge in [-0.1, -0.05) is 35.9 Å². The topological polar surface area (TPSA) is 20.2 Å². The molecule has 0 radical (unpaired) electrons. The van der Waals surface area contributed by atoms with E-state index in [0.29, 0.717) is 5.92 Å². The highest BCUT2D eigenvalue weighted by Crippen LogP contribution is 2.33. The molecule has 0 amide bonds. The summed E-state index contributed by atoms with van der Waals surface area (Å²) in [4.78, 5) is 0. The second kappa shape index (κ2) is 4.84. The van der Waals surface area contributed by atoms with Crippen LogP contribution in [-0.2, 0) is 0 Å². The average molecular weight is 216 g/mol. The van der Waals surface area contributed by atoms with Gasteiger partial charge in [0, 0.05) is 0 Å². The second-order valence-corrected chi connectivity index (χ2v) is 4.85. The Balaban J connectivity index is 2.19. The lowest BCUT2D eigenvalue weighted by Crippen LogP contribution is -2.15. The van der Waals surface area contributed by atoms with Gasteiger partial charge in [-0.25, -0.2) is 0 Å². The highest BCUT2D eigenvalue weighted by Gasteiger charge is 2.22. The largest absolute Gasteiger partial charge is 0.388 e. The summed E-state index contributed by atoms with van der Waals surface area (Å²) in [6.07, 6.45) is 7.32. The summed E-state index contributed by atoms with van der Waals surface area (Å²) >= 11 is 0. The molecule has 1 aromatic carbocycles. The molecule has 0 heterocycles. The van der Waals surface area contributed by atoms with Crippen molar-refractivity contribution in [1.82, 2.24) is 0 Å². The fraction of sp³-hybridized carbons (Fsp3) is 0.467. The van der Waals surface area contributed by atoms with E-state index in [1.165, 1.54) is 11.1 Å². The highest BCUT2D eigenvalue weighted by molar-refractivity contribution is 5.32. The van der Waals surface area contributed by atoms with Crippen LogP contribution in [0.2, 0.25) is 0 Å². The van der Waals surface area contributed by atoms with E-state index in [4.69, 9.17) is 0 Å². The summed E-state index contributed by atoms with van der Waals surface area (Å²) in [6, 6.07) is 6.31.